The quantitative estimate of drug-likeness (QED) is 0.906. The third-order valence-electron chi connectivity index (χ3n) is 3.86. The van der Waals surface area contributed by atoms with Crippen LogP contribution in [0.2, 0.25) is 0 Å². The number of ether oxygens (including phenoxy) is 1. The number of carbonyl (C=O) groups excluding carboxylic acids is 1. The van der Waals surface area contributed by atoms with Gasteiger partial charge in [0.1, 0.15) is 5.75 Å². The summed E-state index contributed by atoms with van der Waals surface area (Å²) in [6, 6.07) is 7.85. The molecule has 1 aliphatic carbocycles. The second-order valence-corrected chi connectivity index (χ2v) is 5.29. The maximum Gasteiger partial charge on any atom is 0.321 e. The molecule has 0 atom stereocenters. The summed E-state index contributed by atoms with van der Waals surface area (Å²) in [6.07, 6.45) is 5.99. The summed E-state index contributed by atoms with van der Waals surface area (Å²) in [4.78, 5) is 14.0. The minimum Gasteiger partial charge on any atom is -0.494 e. The summed E-state index contributed by atoms with van der Waals surface area (Å²) in [5.41, 5.74) is 0.807. The lowest BCUT2D eigenvalue weighted by Crippen LogP contribution is -2.40. The molecule has 20 heavy (non-hydrogen) atoms. The van der Waals surface area contributed by atoms with Crippen LogP contribution in [0.4, 0.5) is 10.5 Å². The van der Waals surface area contributed by atoms with Crippen molar-refractivity contribution in [2.75, 3.05) is 19.0 Å². The molecule has 0 heterocycles. The molecular weight excluding hydrogens is 252 g/mol. The van der Waals surface area contributed by atoms with E-state index in [0.29, 0.717) is 12.6 Å². The average molecular weight is 276 g/mol. The van der Waals surface area contributed by atoms with E-state index in [1.165, 1.54) is 19.3 Å². The van der Waals surface area contributed by atoms with E-state index in [2.05, 4.69) is 5.32 Å². The van der Waals surface area contributed by atoms with E-state index in [4.69, 9.17) is 4.74 Å². The van der Waals surface area contributed by atoms with Gasteiger partial charge < -0.3 is 15.0 Å². The lowest BCUT2D eigenvalue weighted by Gasteiger charge is -2.31. The molecule has 110 valence electrons. The Morgan fingerprint density at radius 3 is 2.50 bits per heavy atom. The standard InChI is InChI=1S/C16H24N2O2/c1-3-20-15-11-9-13(10-12-15)17-16(19)18(2)14-7-5-4-6-8-14/h9-12,14H,3-8H2,1-2H3,(H,17,19). The highest BCUT2D eigenvalue weighted by molar-refractivity contribution is 5.89. The summed E-state index contributed by atoms with van der Waals surface area (Å²) >= 11 is 0. The Morgan fingerprint density at radius 2 is 1.90 bits per heavy atom. The highest BCUT2D eigenvalue weighted by Crippen LogP contribution is 2.22. The van der Waals surface area contributed by atoms with E-state index in [9.17, 15) is 4.79 Å². The van der Waals surface area contributed by atoms with Crippen molar-refractivity contribution in [3.05, 3.63) is 24.3 Å². The molecule has 0 saturated heterocycles. The van der Waals surface area contributed by atoms with Crippen LogP contribution in [0.3, 0.4) is 0 Å². The zero-order chi connectivity index (χ0) is 14.4. The molecule has 1 aliphatic rings. The fourth-order valence-corrected chi connectivity index (χ4v) is 2.65. The number of rotatable bonds is 4. The van der Waals surface area contributed by atoms with E-state index < -0.39 is 0 Å². The number of carbonyl (C=O) groups is 1. The molecule has 0 aliphatic heterocycles. The Morgan fingerprint density at radius 1 is 1.25 bits per heavy atom. The Hall–Kier alpha value is -1.71. The van der Waals surface area contributed by atoms with Crippen LogP contribution < -0.4 is 10.1 Å². The molecule has 1 fully saturated rings. The first kappa shape index (κ1) is 14.7. The maximum atomic E-state index is 12.2. The highest BCUT2D eigenvalue weighted by atomic mass is 16.5. The second-order valence-electron chi connectivity index (χ2n) is 5.29. The van der Waals surface area contributed by atoms with Gasteiger partial charge in [-0.3, -0.25) is 0 Å². The van der Waals surface area contributed by atoms with Crippen LogP contribution in [0, 0.1) is 0 Å². The molecule has 1 aromatic carbocycles. The zero-order valence-electron chi connectivity index (χ0n) is 12.4. The Labute approximate surface area is 121 Å². The van der Waals surface area contributed by atoms with Crippen LogP contribution in [0.15, 0.2) is 24.3 Å². The van der Waals surface area contributed by atoms with E-state index in [0.717, 1.165) is 24.3 Å². The molecule has 1 saturated carbocycles. The summed E-state index contributed by atoms with van der Waals surface area (Å²) in [7, 11) is 1.89. The van der Waals surface area contributed by atoms with Gasteiger partial charge in [0.25, 0.3) is 0 Å². The normalized spacial score (nSPS) is 15.7. The molecule has 0 unspecified atom stereocenters. The van der Waals surface area contributed by atoms with Gasteiger partial charge in [-0.1, -0.05) is 19.3 Å². The van der Waals surface area contributed by atoms with Crippen LogP contribution in [-0.2, 0) is 0 Å². The van der Waals surface area contributed by atoms with E-state index in [1.54, 1.807) is 0 Å². The van der Waals surface area contributed by atoms with Crippen molar-refractivity contribution in [3.63, 3.8) is 0 Å². The summed E-state index contributed by atoms with van der Waals surface area (Å²) < 4.78 is 5.39. The molecule has 1 N–H and O–H groups in total. The molecule has 0 bridgehead atoms. The first-order valence-corrected chi connectivity index (χ1v) is 7.47. The van der Waals surface area contributed by atoms with Gasteiger partial charge in [-0.25, -0.2) is 4.79 Å². The van der Waals surface area contributed by atoms with Gasteiger partial charge >= 0.3 is 6.03 Å². The SMILES string of the molecule is CCOc1ccc(NC(=O)N(C)C2CCCCC2)cc1. The van der Waals surface area contributed by atoms with Crippen molar-refractivity contribution < 1.29 is 9.53 Å². The van der Waals surface area contributed by atoms with Crippen molar-refractivity contribution in [2.24, 2.45) is 0 Å². The van der Waals surface area contributed by atoms with Gasteiger partial charge in [0.2, 0.25) is 0 Å². The molecule has 2 amide bonds. The predicted molar refractivity (Wildman–Crippen MR) is 81.3 cm³/mol. The summed E-state index contributed by atoms with van der Waals surface area (Å²) in [5.74, 6) is 0.825. The number of anilines is 1. The number of hydrogen-bond donors (Lipinski definition) is 1. The van der Waals surface area contributed by atoms with Crippen molar-refractivity contribution in [1.29, 1.82) is 0 Å². The number of nitrogens with one attached hydrogen (secondary N) is 1. The van der Waals surface area contributed by atoms with Gasteiger partial charge in [-0.2, -0.15) is 0 Å². The first-order valence-electron chi connectivity index (χ1n) is 7.47. The van der Waals surface area contributed by atoms with Crippen molar-refractivity contribution in [3.8, 4) is 5.75 Å². The first-order chi connectivity index (χ1) is 9.70. The van der Waals surface area contributed by atoms with E-state index in [-0.39, 0.29) is 6.03 Å². The predicted octanol–water partition coefficient (Wildman–Crippen LogP) is 3.88. The highest BCUT2D eigenvalue weighted by Gasteiger charge is 2.21. The van der Waals surface area contributed by atoms with E-state index >= 15 is 0 Å². The average Bonchev–Trinajstić information content (AvgIpc) is 2.49. The van der Waals surface area contributed by atoms with Crippen molar-refractivity contribution in [1.82, 2.24) is 4.90 Å². The topological polar surface area (TPSA) is 41.6 Å². The Balaban J connectivity index is 1.89. The minimum atomic E-state index is -0.0268. The van der Waals surface area contributed by atoms with Crippen LogP contribution in [0.1, 0.15) is 39.0 Å². The molecule has 0 radical (unpaired) electrons. The van der Waals surface area contributed by atoms with E-state index in [1.807, 2.05) is 43.1 Å². The van der Waals surface area contributed by atoms with Gasteiger partial charge in [0.15, 0.2) is 0 Å². The van der Waals surface area contributed by atoms with Crippen molar-refractivity contribution in [2.45, 2.75) is 45.1 Å². The lowest BCUT2D eigenvalue weighted by molar-refractivity contribution is 0.186. The third kappa shape index (κ3) is 3.89. The number of hydrogen-bond acceptors (Lipinski definition) is 2. The third-order valence-corrected chi connectivity index (χ3v) is 3.86. The van der Waals surface area contributed by atoms with Crippen LogP contribution in [0.25, 0.3) is 0 Å². The van der Waals surface area contributed by atoms with Gasteiger partial charge in [0, 0.05) is 18.8 Å². The fourth-order valence-electron chi connectivity index (χ4n) is 2.65. The molecule has 4 heteroatoms. The second kappa shape index (κ2) is 7.17. The number of amides is 2. The molecule has 0 spiro atoms. The Bertz CT molecular complexity index is 425. The largest absolute Gasteiger partial charge is 0.494 e. The number of nitrogens with zero attached hydrogens (tertiary/aromatic N) is 1. The maximum absolute atomic E-state index is 12.2. The molecule has 1 aromatic rings. The van der Waals surface area contributed by atoms with Gasteiger partial charge in [0.05, 0.1) is 6.61 Å². The van der Waals surface area contributed by atoms with Crippen LogP contribution in [0.5, 0.6) is 5.75 Å². The Kier molecular flexibility index (Phi) is 5.27. The monoisotopic (exact) mass is 276 g/mol. The zero-order valence-corrected chi connectivity index (χ0v) is 12.4. The molecule has 4 nitrogen and oxygen atoms in total. The molecule has 2 rings (SSSR count). The van der Waals surface area contributed by atoms with Gasteiger partial charge in [-0.15, -0.1) is 0 Å². The fraction of sp³-hybridized carbons (Fsp3) is 0.562. The number of urea groups is 1. The van der Waals surface area contributed by atoms with Crippen LogP contribution in [-0.4, -0.2) is 30.6 Å². The molecular formula is C16H24N2O2. The minimum absolute atomic E-state index is 0.0268. The summed E-state index contributed by atoms with van der Waals surface area (Å²) in [6.45, 7) is 2.60. The van der Waals surface area contributed by atoms with Crippen LogP contribution >= 0.6 is 0 Å². The smallest absolute Gasteiger partial charge is 0.321 e. The number of benzene rings is 1. The lowest BCUT2D eigenvalue weighted by atomic mass is 9.95. The summed E-state index contributed by atoms with van der Waals surface area (Å²) in [5, 5.41) is 2.94. The molecule has 0 aromatic heterocycles. The van der Waals surface area contributed by atoms with Gasteiger partial charge in [-0.05, 0) is 44.0 Å². The van der Waals surface area contributed by atoms with Crippen molar-refractivity contribution >= 4 is 11.7 Å².